The maximum Gasteiger partial charge on any atom is 0.234 e. The Morgan fingerprint density at radius 1 is 0.954 bits per heavy atom. The number of methoxy groups -OCH3 is 2. The number of hydrogen-bond donors (Lipinski definition) is 3. The van der Waals surface area contributed by atoms with E-state index in [0.29, 0.717) is 75.1 Å². The van der Waals surface area contributed by atoms with Gasteiger partial charge in [-0.25, -0.2) is 9.37 Å². The second-order valence-electron chi connectivity index (χ2n) is 17.4. The van der Waals surface area contributed by atoms with Crippen LogP contribution in [-0.2, 0) is 31.7 Å². The molecular formula is C47H57BrFN10O5P. The first kappa shape index (κ1) is 46.5. The lowest BCUT2D eigenvalue weighted by Crippen LogP contribution is -2.60. The van der Waals surface area contributed by atoms with E-state index in [9.17, 15) is 14.2 Å². The van der Waals surface area contributed by atoms with Crippen molar-refractivity contribution in [3.63, 3.8) is 0 Å². The smallest absolute Gasteiger partial charge is 0.234 e. The predicted molar refractivity (Wildman–Crippen MR) is 257 cm³/mol. The van der Waals surface area contributed by atoms with Gasteiger partial charge in [0.05, 0.1) is 46.3 Å². The van der Waals surface area contributed by atoms with E-state index in [0.717, 1.165) is 75.5 Å². The molecule has 0 saturated carbocycles. The van der Waals surface area contributed by atoms with Gasteiger partial charge in [-0.2, -0.15) is 4.98 Å². The number of ether oxygens (including phenoxy) is 2. The molecule has 0 aliphatic carbocycles. The molecule has 5 aromatic rings. The Labute approximate surface area is 387 Å². The van der Waals surface area contributed by atoms with Crippen molar-refractivity contribution in [1.29, 1.82) is 0 Å². The highest BCUT2D eigenvalue weighted by Crippen LogP contribution is 2.42. The number of benzene rings is 3. The van der Waals surface area contributed by atoms with Gasteiger partial charge in [0.15, 0.2) is 0 Å². The second kappa shape index (κ2) is 20.2. The molecule has 3 aliphatic heterocycles. The van der Waals surface area contributed by atoms with Crippen LogP contribution in [0.5, 0.6) is 5.75 Å². The van der Waals surface area contributed by atoms with Crippen LogP contribution in [0, 0.1) is 5.82 Å². The van der Waals surface area contributed by atoms with Crippen molar-refractivity contribution in [1.82, 2.24) is 35.1 Å². The molecule has 3 saturated heterocycles. The van der Waals surface area contributed by atoms with Gasteiger partial charge in [-0.05, 0) is 96.8 Å². The number of nitrogens with zero attached hydrogens (tertiary/aromatic N) is 7. The van der Waals surface area contributed by atoms with Crippen molar-refractivity contribution in [3.8, 4) is 5.75 Å². The molecule has 8 rings (SSSR count). The van der Waals surface area contributed by atoms with E-state index in [1.54, 1.807) is 58.3 Å². The molecule has 65 heavy (non-hydrogen) atoms. The van der Waals surface area contributed by atoms with Gasteiger partial charge in [-0.3, -0.25) is 29.8 Å². The zero-order valence-electron chi connectivity index (χ0n) is 37.6. The number of piperazine rings is 1. The van der Waals surface area contributed by atoms with Gasteiger partial charge in [0, 0.05) is 101 Å². The lowest BCUT2D eigenvalue weighted by molar-refractivity contribution is -0.134. The van der Waals surface area contributed by atoms with Gasteiger partial charge in [-0.15, -0.1) is 0 Å². The largest absolute Gasteiger partial charge is 0.494 e. The summed E-state index contributed by atoms with van der Waals surface area (Å²) in [5.41, 5.74) is 6.22. The minimum Gasteiger partial charge on any atom is -0.494 e. The summed E-state index contributed by atoms with van der Waals surface area (Å²) in [6.45, 7) is 11.6. The highest BCUT2D eigenvalue weighted by Gasteiger charge is 2.35. The zero-order valence-corrected chi connectivity index (χ0v) is 40.1. The van der Waals surface area contributed by atoms with Crippen LogP contribution < -0.4 is 30.9 Å². The summed E-state index contributed by atoms with van der Waals surface area (Å²) < 4.78 is 41.1. The molecular weight excluding hydrogens is 914 g/mol. The minimum atomic E-state index is -2.79. The number of aryl methyl sites for hydroxylation is 1. The lowest BCUT2D eigenvalue weighted by Gasteiger charge is -2.48. The molecule has 2 amide bonds. The molecule has 15 nitrogen and oxygen atoms in total. The third kappa shape index (κ3) is 10.5. The third-order valence-electron chi connectivity index (χ3n) is 12.8. The molecule has 2 atom stereocenters. The lowest BCUT2D eigenvalue weighted by atomic mass is 9.89. The van der Waals surface area contributed by atoms with E-state index < -0.39 is 24.8 Å². The Kier molecular flexibility index (Phi) is 14.5. The van der Waals surface area contributed by atoms with Gasteiger partial charge < -0.3 is 34.5 Å². The van der Waals surface area contributed by atoms with Crippen molar-refractivity contribution < 1.29 is 28.0 Å². The van der Waals surface area contributed by atoms with Gasteiger partial charge >= 0.3 is 0 Å². The van der Waals surface area contributed by atoms with Crippen LogP contribution in [0.15, 0.2) is 65.5 Å². The number of carbonyl (C=O) groups is 2. The van der Waals surface area contributed by atoms with E-state index in [2.05, 4.69) is 80.6 Å². The molecule has 0 spiro atoms. The standard InChI is InChI=1S/C47H57BrFN10O5P/c1-6-30-24-39(54-47-52-26-35(48)45(56-47)53-38-11-10-37-43(51-17-16-50-37)44(38)65(4,5)62)41(64-3)25-40(30)58-19-14-31(15-20-58)59-22-21-57(27-32(59)28-63-2)18-13-29-7-8-33(36(49)23-29)34-9-12-42(60)55-46(34)61/h7-8,10-11,16-17,23-26,31-32,34H,6,9,12-15,18-22,27-28H2,1-5H3,(H,55,60,61)(H2,52,53,54,56)/t32-,34?/m1/s1. The van der Waals surface area contributed by atoms with Crippen LogP contribution in [0.1, 0.15) is 55.2 Å². The van der Waals surface area contributed by atoms with E-state index >= 15 is 4.39 Å². The number of fused-ring (bicyclic) bond motifs is 1. The molecule has 2 aromatic heterocycles. The summed E-state index contributed by atoms with van der Waals surface area (Å²) in [5, 5.41) is 9.72. The molecule has 18 heteroatoms. The van der Waals surface area contributed by atoms with E-state index in [1.165, 1.54) is 5.56 Å². The average molecular weight is 972 g/mol. The number of piperidine rings is 2. The number of carbonyl (C=O) groups excluding carboxylic acids is 2. The Bertz CT molecular complexity index is 2610. The maximum absolute atomic E-state index is 15.2. The van der Waals surface area contributed by atoms with Crippen LogP contribution in [0.2, 0.25) is 0 Å². The normalized spacial score (nSPS) is 19.1. The number of imide groups is 1. The number of aromatic nitrogens is 4. The summed E-state index contributed by atoms with van der Waals surface area (Å²) in [5.74, 6) is -0.219. The summed E-state index contributed by atoms with van der Waals surface area (Å²) in [4.78, 5) is 49.8. The summed E-state index contributed by atoms with van der Waals surface area (Å²) in [7, 11) is 0.646. The van der Waals surface area contributed by atoms with Crippen molar-refractivity contribution in [2.24, 2.45) is 0 Å². The molecule has 1 unspecified atom stereocenters. The molecule has 0 bridgehead atoms. The van der Waals surface area contributed by atoms with Crippen molar-refractivity contribution >= 4 is 80.1 Å². The fourth-order valence-corrected chi connectivity index (χ4v) is 11.3. The first-order chi connectivity index (χ1) is 31.3. The van der Waals surface area contributed by atoms with Crippen LogP contribution in [0.3, 0.4) is 0 Å². The fraction of sp³-hybridized carbons (Fsp3) is 0.447. The van der Waals surface area contributed by atoms with E-state index in [-0.39, 0.29) is 18.4 Å². The molecule has 3 fully saturated rings. The van der Waals surface area contributed by atoms with Crippen LogP contribution in [-0.4, -0.2) is 127 Å². The molecule has 5 heterocycles. The zero-order chi connectivity index (χ0) is 45.8. The average Bonchev–Trinajstić information content (AvgIpc) is 3.29. The number of hydrogen-bond acceptors (Lipinski definition) is 14. The van der Waals surface area contributed by atoms with Gasteiger partial charge in [0.2, 0.25) is 17.8 Å². The SMILES string of the molecule is CCc1cc(Nc2ncc(Br)c(Nc3ccc4nccnc4c3P(C)(C)=O)n2)c(OC)cc1N1CCC(N2CCN(CCc3ccc(C4CCC(=O)NC4=O)c(F)c3)C[C@@H]2COC)CC1. The van der Waals surface area contributed by atoms with Crippen LogP contribution in [0.25, 0.3) is 11.0 Å². The molecule has 3 aliphatic rings. The second-order valence-corrected chi connectivity index (χ2v) is 21.4. The maximum atomic E-state index is 15.2. The van der Waals surface area contributed by atoms with Crippen molar-refractivity contribution in [3.05, 3.63) is 88.0 Å². The van der Waals surface area contributed by atoms with Crippen molar-refractivity contribution in [2.45, 2.75) is 63.5 Å². The monoisotopic (exact) mass is 970 g/mol. The Morgan fingerprint density at radius 2 is 1.75 bits per heavy atom. The van der Waals surface area contributed by atoms with E-state index in [4.69, 9.17) is 14.5 Å². The number of halogens is 2. The minimum absolute atomic E-state index is 0.219. The Morgan fingerprint density at radius 3 is 2.48 bits per heavy atom. The topological polar surface area (TPSA) is 167 Å². The first-order valence-corrected chi connectivity index (χ1v) is 25.6. The summed E-state index contributed by atoms with van der Waals surface area (Å²) in [6.07, 6.45) is 9.00. The number of amides is 2. The first-order valence-electron chi connectivity index (χ1n) is 22.2. The van der Waals surface area contributed by atoms with Crippen molar-refractivity contribution in [2.75, 3.05) is 89.0 Å². The Balaban J connectivity index is 0.897. The quantitative estimate of drug-likeness (QED) is 0.0726. The highest BCUT2D eigenvalue weighted by molar-refractivity contribution is 9.10. The van der Waals surface area contributed by atoms with Gasteiger partial charge in [-0.1, -0.05) is 19.1 Å². The molecule has 3 N–H and O–H groups in total. The molecule has 0 radical (unpaired) electrons. The fourth-order valence-electron chi connectivity index (χ4n) is 9.57. The summed E-state index contributed by atoms with van der Waals surface area (Å²) in [6, 6.07) is 13.8. The summed E-state index contributed by atoms with van der Waals surface area (Å²) >= 11 is 3.60. The molecule has 344 valence electrons. The number of anilines is 5. The Hall–Kier alpha value is -5.06. The van der Waals surface area contributed by atoms with Crippen LogP contribution >= 0.6 is 23.1 Å². The van der Waals surface area contributed by atoms with E-state index in [1.807, 2.05) is 18.2 Å². The van der Waals surface area contributed by atoms with Gasteiger partial charge in [0.1, 0.15) is 30.0 Å². The van der Waals surface area contributed by atoms with Gasteiger partial charge in [0.25, 0.3) is 0 Å². The predicted octanol–water partition coefficient (Wildman–Crippen LogP) is 6.99. The highest BCUT2D eigenvalue weighted by atomic mass is 79.9. The van der Waals surface area contributed by atoms with Crippen LogP contribution in [0.4, 0.5) is 33.2 Å². The molecule has 3 aromatic carbocycles. The third-order valence-corrected chi connectivity index (χ3v) is 14.9. The number of rotatable bonds is 15. The number of nitrogens with one attached hydrogen (secondary N) is 3.